The van der Waals surface area contributed by atoms with Crippen LogP contribution in [0.3, 0.4) is 0 Å². The Balaban J connectivity index is 2.19. The molecule has 2 atom stereocenters. The maximum atomic E-state index is 10.9. The van der Waals surface area contributed by atoms with Crippen molar-refractivity contribution in [2.75, 3.05) is 11.0 Å². The highest BCUT2D eigenvalue weighted by atomic mass is 127. The molecule has 0 aromatic heterocycles. The second-order valence-corrected chi connectivity index (χ2v) is 3.39. The minimum Gasteiger partial charge on any atom is -0.466 e. The number of carbonyl (C=O) groups is 1. The number of esters is 1. The zero-order valence-electron chi connectivity index (χ0n) is 5.97. The van der Waals surface area contributed by atoms with Crippen molar-refractivity contribution in [1.29, 1.82) is 0 Å². The summed E-state index contributed by atoms with van der Waals surface area (Å²) >= 11 is 2.31. The lowest BCUT2D eigenvalue weighted by atomic mass is 10.3. The van der Waals surface area contributed by atoms with Crippen molar-refractivity contribution in [3.05, 3.63) is 0 Å². The van der Waals surface area contributed by atoms with Gasteiger partial charge in [0, 0.05) is 4.43 Å². The first-order chi connectivity index (χ1) is 4.79. The van der Waals surface area contributed by atoms with Gasteiger partial charge in [-0.05, 0) is 19.3 Å². The molecule has 1 aliphatic carbocycles. The molecule has 0 bridgehead atoms. The summed E-state index contributed by atoms with van der Waals surface area (Å²) in [5.41, 5.74) is 0. The minimum absolute atomic E-state index is 0.00386. The Kier molecular flexibility index (Phi) is 2.95. The Morgan fingerprint density at radius 1 is 1.80 bits per heavy atom. The Morgan fingerprint density at radius 3 is 2.90 bits per heavy atom. The Labute approximate surface area is 74.5 Å². The molecule has 0 aliphatic heterocycles. The van der Waals surface area contributed by atoms with Gasteiger partial charge >= 0.3 is 5.97 Å². The number of alkyl halides is 1. The second kappa shape index (κ2) is 3.55. The van der Waals surface area contributed by atoms with E-state index in [2.05, 4.69) is 22.6 Å². The van der Waals surface area contributed by atoms with Gasteiger partial charge in [0.05, 0.1) is 12.5 Å². The van der Waals surface area contributed by atoms with Crippen LogP contribution in [0.15, 0.2) is 0 Å². The molecule has 0 unspecified atom stereocenters. The molecule has 0 saturated heterocycles. The van der Waals surface area contributed by atoms with Crippen LogP contribution >= 0.6 is 22.6 Å². The van der Waals surface area contributed by atoms with E-state index in [9.17, 15) is 4.79 Å². The van der Waals surface area contributed by atoms with Gasteiger partial charge < -0.3 is 4.74 Å². The zero-order valence-corrected chi connectivity index (χ0v) is 8.13. The van der Waals surface area contributed by atoms with Gasteiger partial charge in [0.1, 0.15) is 0 Å². The van der Waals surface area contributed by atoms with Crippen molar-refractivity contribution in [3.8, 4) is 0 Å². The maximum absolute atomic E-state index is 10.9. The van der Waals surface area contributed by atoms with Gasteiger partial charge in [0.25, 0.3) is 0 Å². The molecule has 0 radical (unpaired) electrons. The summed E-state index contributed by atoms with van der Waals surface area (Å²) in [5.74, 6) is 0.848. The van der Waals surface area contributed by atoms with Crippen molar-refractivity contribution in [1.82, 2.24) is 0 Å². The molecular weight excluding hydrogens is 243 g/mol. The summed E-state index contributed by atoms with van der Waals surface area (Å²) in [5, 5.41) is 0. The van der Waals surface area contributed by atoms with Crippen LogP contribution in [-0.2, 0) is 9.53 Å². The smallest absolute Gasteiger partial charge is 0.309 e. The highest BCUT2D eigenvalue weighted by Gasteiger charge is 2.42. The van der Waals surface area contributed by atoms with E-state index in [1.54, 1.807) is 0 Å². The van der Waals surface area contributed by atoms with E-state index in [4.69, 9.17) is 4.74 Å². The first-order valence-electron chi connectivity index (χ1n) is 3.52. The monoisotopic (exact) mass is 254 g/mol. The molecule has 2 nitrogen and oxygen atoms in total. The van der Waals surface area contributed by atoms with Crippen molar-refractivity contribution in [2.24, 2.45) is 11.8 Å². The van der Waals surface area contributed by atoms with Gasteiger partial charge in [-0.25, -0.2) is 0 Å². The van der Waals surface area contributed by atoms with Crippen LogP contribution in [0.2, 0.25) is 0 Å². The first kappa shape index (κ1) is 8.30. The largest absolute Gasteiger partial charge is 0.466 e. The van der Waals surface area contributed by atoms with Crippen LogP contribution in [0.4, 0.5) is 0 Å². The number of halogens is 1. The standard InChI is InChI=1S/C7H11IO2/c1-2-10-7(9)6-3-5(6)4-8/h5-6H,2-4H2,1H3/t5-,6-/m1/s1. The highest BCUT2D eigenvalue weighted by molar-refractivity contribution is 14.1. The Hall–Kier alpha value is 0.200. The number of ether oxygens (including phenoxy) is 1. The lowest BCUT2D eigenvalue weighted by molar-refractivity contribution is -0.144. The Morgan fingerprint density at radius 2 is 2.50 bits per heavy atom. The molecule has 1 rings (SSSR count). The van der Waals surface area contributed by atoms with E-state index in [1.807, 2.05) is 6.92 Å². The zero-order chi connectivity index (χ0) is 7.56. The van der Waals surface area contributed by atoms with Crippen LogP contribution in [-0.4, -0.2) is 17.0 Å². The predicted molar refractivity (Wildman–Crippen MR) is 47.1 cm³/mol. The van der Waals surface area contributed by atoms with E-state index in [0.717, 1.165) is 10.8 Å². The molecule has 0 N–H and O–H groups in total. The normalized spacial score (nSPS) is 29.8. The number of hydrogen-bond acceptors (Lipinski definition) is 2. The molecule has 10 heavy (non-hydrogen) atoms. The van der Waals surface area contributed by atoms with Crippen molar-refractivity contribution >= 4 is 28.6 Å². The molecule has 0 spiro atoms. The fourth-order valence-electron chi connectivity index (χ4n) is 0.956. The summed E-state index contributed by atoms with van der Waals surface area (Å²) in [7, 11) is 0. The van der Waals surface area contributed by atoms with E-state index >= 15 is 0 Å². The molecule has 0 aromatic rings. The molecule has 0 aromatic carbocycles. The van der Waals surface area contributed by atoms with E-state index in [-0.39, 0.29) is 11.9 Å². The maximum Gasteiger partial charge on any atom is 0.309 e. The number of hydrogen-bond donors (Lipinski definition) is 0. The summed E-state index contributed by atoms with van der Waals surface area (Å²) in [4.78, 5) is 10.9. The molecule has 0 amide bonds. The average Bonchev–Trinajstić information content (AvgIpc) is 2.66. The summed E-state index contributed by atoms with van der Waals surface area (Å²) in [6.45, 7) is 2.36. The quantitative estimate of drug-likeness (QED) is 0.434. The van der Waals surface area contributed by atoms with Crippen LogP contribution in [0.5, 0.6) is 0 Å². The third-order valence-corrected chi connectivity index (χ3v) is 2.84. The predicted octanol–water partition coefficient (Wildman–Crippen LogP) is 1.62. The minimum atomic E-state index is 0.00386. The molecule has 1 fully saturated rings. The SMILES string of the molecule is CCOC(=O)[C@@H]1C[C@@H]1CI. The molecule has 0 heterocycles. The van der Waals surface area contributed by atoms with Gasteiger partial charge in [0.15, 0.2) is 0 Å². The third-order valence-electron chi connectivity index (χ3n) is 1.71. The van der Waals surface area contributed by atoms with Crippen LogP contribution in [0, 0.1) is 11.8 Å². The highest BCUT2D eigenvalue weighted by Crippen LogP contribution is 2.40. The van der Waals surface area contributed by atoms with Crippen LogP contribution in [0.25, 0.3) is 0 Å². The summed E-state index contributed by atoms with van der Waals surface area (Å²) in [6, 6.07) is 0. The van der Waals surface area contributed by atoms with Gasteiger partial charge in [-0.3, -0.25) is 4.79 Å². The topological polar surface area (TPSA) is 26.3 Å². The van der Waals surface area contributed by atoms with Crippen LogP contribution in [0.1, 0.15) is 13.3 Å². The van der Waals surface area contributed by atoms with Gasteiger partial charge in [-0.15, -0.1) is 0 Å². The number of carbonyl (C=O) groups excluding carboxylic acids is 1. The van der Waals surface area contributed by atoms with Gasteiger partial charge in [-0.2, -0.15) is 0 Å². The van der Waals surface area contributed by atoms with E-state index in [0.29, 0.717) is 12.5 Å². The molecule has 58 valence electrons. The van der Waals surface area contributed by atoms with Gasteiger partial charge in [0.2, 0.25) is 0 Å². The Bertz CT molecular complexity index is 136. The van der Waals surface area contributed by atoms with E-state index in [1.165, 1.54) is 0 Å². The summed E-state index contributed by atoms with van der Waals surface area (Å²) in [6.07, 6.45) is 1.04. The van der Waals surface area contributed by atoms with E-state index < -0.39 is 0 Å². The average molecular weight is 254 g/mol. The fourth-order valence-corrected chi connectivity index (χ4v) is 1.93. The van der Waals surface area contributed by atoms with Crippen molar-refractivity contribution in [3.63, 3.8) is 0 Å². The lowest BCUT2D eigenvalue weighted by Crippen LogP contribution is -2.07. The van der Waals surface area contributed by atoms with Gasteiger partial charge in [-0.1, -0.05) is 22.6 Å². The first-order valence-corrected chi connectivity index (χ1v) is 5.04. The second-order valence-electron chi connectivity index (χ2n) is 2.51. The molecule has 3 heteroatoms. The molecule has 1 saturated carbocycles. The number of rotatable bonds is 3. The fraction of sp³-hybridized carbons (Fsp3) is 0.857. The molecular formula is C7H11IO2. The summed E-state index contributed by atoms with van der Waals surface area (Å²) < 4.78 is 5.94. The molecule has 1 aliphatic rings. The van der Waals surface area contributed by atoms with Crippen molar-refractivity contribution in [2.45, 2.75) is 13.3 Å². The van der Waals surface area contributed by atoms with Crippen molar-refractivity contribution < 1.29 is 9.53 Å². The lowest BCUT2D eigenvalue weighted by Gasteiger charge is -1.97. The van der Waals surface area contributed by atoms with Crippen LogP contribution < -0.4 is 0 Å². The third kappa shape index (κ3) is 1.84.